The van der Waals surface area contributed by atoms with Gasteiger partial charge >= 0.3 is 16.5 Å². The molecule has 0 bridgehead atoms. The number of nitrogens with zero attached hydrogens (tertiary/aromatic N) is 3. The number of hydrogen-bond donors (Lipinski definition) is 0. The Kier molecular flexibility index (Phi) is 7.90. The summed E-state index contributed by atoms with van der Waals surface area (Å²) in [6.45, 7) is 0. The van der Waals surface area contributed by atoms with Crippen molar-refractivity contribution in [2.45, 2.75) is 0 Å². The first-order chi connectivity index (χ1) is 9.09. The van der Waals surface area contributed by atoms with E-state index in [1.807, 2.05) is 64.6 Å². The zero-order valence-corrected chi connectivity index (χ0v) is 14.3. The second-order valence-corrected chi connectivity index (χ2v) is 4.88. The molecule has 21 heavy (non-hydrogen) atoms. The van der Waals surface area contributed by atoms with Crippen LogP contribution in [0.4, 0.5) is 22.7 Å². The molecule has 2 aromatic carbocycles. The van der Waals surface area contributed by atoms with Crippen molar-refractivity contribution in [2.75, 3.05) is 38.0 Å². The van der Waals surface area contributed by atoms with Crippen molar-refractivity contribution >= 4 is 22.7 Å². The third-order valence-electron chi connectivity index (χ3n) is 2.97. The quantitative estimate of drug-likeness (QED) is 0.604. The van der Waals surface area contributed by atoms with Crippen LogP contribution in [0.1, 0.15) is 0 Å². The van der Waals surface area contributed by atoms with Crippen molar-refractivity contribution in [3.63, 3.8) is 0 Å². The molecule has 0 heterocycles. The number of anilines is 2. The van der Waals surface area contributed by atoms with E-state index < -0.39 is 0 Å². The first-order valence-corrected chi connectivity index (χ1v) is 6.34. The third-order valence-corrected chi connectivity index (χ3v) is 2.97. The van der Waals surface area contributed by atoms with E-state index in [0.717, 1.165) is 22.7 Å². The van der Waals surface area contributed by atoms with E-state index in [-0.39, 0.29) is 23.9 Å². The van der Waals surface area contributed by atoms with Crippen LogP contribution in [0.3, 0.4) is 0 Å². The van der Waals surface area contributed by atoms with Crippen molar-refractivity contribution in [3.05, 3.63) is 61.3 Å². The largest absolute Gasteiger partial charge is 2.00 e. The Bertz CT molecular complexity index is 504. The Hall–Kier alpha value is -1.67. The summed E-state index contributed by atoms with van der Waals surface area (Å²) in [4.78, 5) is 4.16. The van der Waals surface area contributed by atoms with Crippen LogP contribution in [0.2, 0.25) is 0 Å². The molecule has 0 aliphatic heterocycles. The van der Waals surface area contributed by atoms with Crippen LogP contribution in [-0.4, -0.2) is 28.2 Å². The van der Waals surface area contributed by atoms with Crippen LogP contribution < -0.4 is 9.80 Å². The molecule has 2 rings (SSSR count). The molecule has 0 aliphatic carbocycles. The molecule has 0 aliphatic rings. The molecule has 0 atom stereocenters. The zero-order valence-electron chi connectivity index (χ0n) is 13.3. The molecule has 0 radical (unpaired) electrons. The van der Waals surface area contributed by atoms with E-state index in [9.17, 15) is 0 Å². The van der Waals surface area contributed by atoms with Gasteiger partial charge in [-0.3, -0.25) is 0 Å². The van der Waals surface area contributed by atoms with E-state index in [0.29, 0.717) is 0 Å². The van der Waals surface area contributed by atoms with E-state index in [4.69, 9.17) is 5.32 Å². The van der Waals surface area contributed by atoms with Gasteiger partial charge in [-0.2, -0.15) is 0 Å². The molecule has 0 amide bonds. The second kappa shape index (κ2) is 8.58. The Morgan fingerprint density at radius 3 is 1.33 bits per heavy atom. The fourth-order valence-electron chi connectivity index (χ4n) is 2.00. The average Bonchev–Trinajstić information content (AvgIpc) is 2.39. The predicted molar refractivity (Wildman–Crippen MR) is 90.6 cm³/mol. The van der Waals surface area contributed by atoms with E-state index in [1.54, 1.807) is 0 Å². The summed E-state index contributed by atoms with van der Waals surface area (Å²) in [6.07, 6.45) is 0. The van der Waals surface area contributed by atoms with Crippen molar-refractivity contribution in [3.8, 4) is 0 Å². The fraction of sp³-hybridized carbons (Fsp3) is 0.235. The Labute approximate surface area is 138 Å². The van der Waals surface area contributed by atoms with Gasteiger partial charge in [0.05, 0.1) is 0 Å². The number of hydrogen-bond acceptors (Lipinski definition) is 2. The summed E-state index contributed by atoms with van der Waals surface area (Å²) in [6, 6.07) is 16.4. The van der Waals surface area contributed by atoms with Gasteiger partial charge in [0.25, 0.3) is 0 Å². The molecule has 3 nitrogen and oxygen atoms in total. The minimum atomic E-state index is 0. The first-order valence-electron chi connectivity index (χ1n) is 6.34. The maximum absolute atomic E-state index is 4.80. The summed E-state index contributed by atoms with van der Waals surface area (Å²) < 4.78 is 0. The van der Waals surface area contributed by atoms with Gasteiger partial charge in [0.1, 0.15) is 0 Å². The molecule has 4 heteroatoms. The van der Waals surface area contributed by atoms with Gasteiger partial charge in [0.15, 0.2) is 0 Å². The maximum Gasteiger partial charge on any atom is 2.00 e. The summed E-state index contributed by atoms with van der Waals surface area (Å²) in [5.74, 6) is 0. The summed E-state index contributed by atoms with van der Waals surface area (Å²) in [5.41, 5.74) is 4.22. The van der Waals surface area contributed by atoms with Crippen LogP contribution in [0.15, 0.2) is 48.5 Å². The smallest absolute Gasteiger partial charge is 0.655 e. The Morgan fingerprint density at radius 1 is 0.667 bits per heavy atom. The van der Waals surface area contributed by atoms with Gasteiger partial charge < -0.3 is 22.5 Å². The monoisotopic (exact) mass is 327 g/mol. The number of para-hydroxylation sites is 4. The van der Waals surface area contributed by atoms with E-state index in [1.165, 1.54) is 0 Å². The molecule has 0 saturated carbocycles. The molecule has 116 valence electrons. The Morgan fingerprint density at radius 2 is 1.00 bits per heavy atom. The number of benzene rings is 2. The first kappa shape index (κ1) is 19.3. The van der Waals surface area contributed by atoms with E-state index >= 15 is 0 Å². The van der Waals surface area contributed by atoms with Crippen molar-refractivity contribution in [1.29, 1.82) is 0 Å². The SMILES string of the molecule is CN(C)c1ccccc1[N-]c1ccccc1N(C)C.[CH3-].[Ni+2]. The number of rotatable bonds is 4. The molecule has 0 N–H and O–H groups in total. The van der Waals surface area contributed by atoms with Crippen LogP contribution in [-0.2, 0) is 16.5 Å². The van der Waals surface area contributed by atoms with Crippen LogP contribution in [0, 0.1) is 7.43 Å². The summed E-state index contributed by atoms with van der Waals surface area (Å²) in [7, 11) is 8.14. The molecular weight excluding hydrogens is 305 g/mol. The normalized spacial score (nSPS) is 9.14. The van der Waals surface area contributed by atoms with Crippen molar-refractivity contribution in [1.82, 2.24) is 0 Å². The molecule has 0 unspecified atom stereocenters. The minimum Gasteiger partial charge on any atom is -0.655 e. The average molecular weight is 328 g/mol. The van der Waals surface area contributed by atoms with Gasteiger partial charge in [-0.25, -0.2) is 0 Å². The standard InChI is InChI=1S/C16H20N3.CH3.Ni/c1-18(2)15-11-7-5-9-13(15)17-14-10-6-8-12-16(14)19(3)4;;/h5-12H,1-4H3;1H3;/q2*-1;+2. The topological polar surface area (TPSA) is 20.6 Å². The van der Waals surface area contributed by atoms with Gasteiger partial charge in [-0.05, 0) is 12.1 Å². The van der Waals surface area contributed by atoms with Crippen LogP contribution in [0.5, 0.6) is 0 Å². The molecule has 0 spiro atoms. The maximum atomic E-state index is 4.80. The fourth-order valence-corrected chi connectivity index (χ4v) is 2.00. The molecule has 0 fully saturated rings. The molecule has 0 saturated heterocycles. The van der Waals surface area contributed by atoms with Gasteiger partial charge in [-0.1, -0.05) is 36.4 Å². The minimum absolute atomic E-state index is 0. The van der Waals surface area contributed by atoms with E-state index in [2.05, 4.69) is 21.9 Å². The Balaban J connectivity index is 0.00000200. The third kappa shape index (κ3) is 4.68. The zero-order chi connectivity index (χ0) is 13.8. The van der Waals surface area contributed by atoms with Gasteiger partial charge in [-0.15, -0.1) is 11.4 Å². The van der Waals surface area contributed by atoms with Crippen molar-refractivity contribution < 1.29 is 16.5 Å². The molecule has 0 aromatic heterocycles. The van der Waals surface area contributed by atoms with Gasteiger partial charge in [0, 0.05) is 39.6 Å². The summed E-state index contributed by atoms with van der Waals surface area (Å²) >= 11 is 0. The van der Waals surface area contributed by atoms with Crippen LogP contribution in [0.25, 0.3) is 5.32 Å². The second-order valence-electron chi connectivity index (χ2n) is 4.88. The van der Waals surface area contributed by atoms with Crippen molar-refractivity contribution in [2.24, 2.45) is 0 Å². The molecule has 2 aromatic rings. The summed E-state index contributed by atoms with van der Waals surface area (Å²) in [5, 5.41) is 4.80. The predicted octanol–water partition coefficient (Wildman–Crippen LogP) is 4.60. The molecular formula is C17H23N3Ni. The van der Waals surface area contributed by atoms with Crippen LogP contribution >= 0.6 is 0 Å². The van der Waals surface area contributed by atoms with Gasteiger partial charge in [0.2, 0.25) is 0 Å².